The topological polar surface area (TPSA) is 74.3 Å². The van der Waals surface area contributed by atoms with Crippen LogP contribution in [-0.4, -0.2) is 19.8 Å². The smallest absolute Gasteiger partial charge is 0.744 e. The van der Waals surface area contributed by atoms with Gasteiger partial charge in [0.15, 0.2) is 0 Å². The predicted octanol–water partition coefficient (Wildman–Crippen LogP) is 6.10. The molecule has 0 amide bonds. The molecule has 0 N–H and O–H groups in total. The van der Waals surface area contributed by atoms with Crippen molar-refractivity contribution in [3.8, 4) is 0 Å². The molecule has 4 nitrogen and oxygen atoms in total. The van der Waals surface area contributed by atoms with Gasteiger partial charge in [-0.1, -0.05) is 122 Å². The molecule has 0 radical (unpaired) electrons. The van der Waals surface area contributed by atoms with Crippen molar-refractivity contribution >= 4 is 27.7 Å². The Morgan fingerprint density at radius 3 is 1.37 bits per heavy atom. The molecular weight excluding hydrogens is 503 g/mol. The molecule has 2 aromatic carbocycles. The van der Waals surface area contributed by atoms with Gasteiger partial charge in [0.1, 0.15) is 16.9 Å². The molecule has 0 saturated carbocycles. The van der Waals surface area contributed by atoms with Crippen LogP contribution in [0.3, 0.4) is 0 Å². The Balaban J connectivity index is 0.00000445. The van der Waals surface area contributed by atoms with E-state index in [0.717, 1.165) is 55.9 Å². The number of carbonyl (C=O) groups is 1. The zero-order valence-electron chi connectivity index (χ0n) is 24.8. The van der Waals surface area contributed by atoms with Gasteiger partial charge in [0.05, 0.1) is 4.90 Å². The number of hydrogen-bond donors (Lipinski definition) is 0. The van der Waals surface area contributed by atoms with Crippen molar-refractivity contribution in [1.29, 1.82) is 0 Å². The average Bonchev–Trinajstić information content (AvgIpc) is 2.89. The van der Waals surface area contributed by atoms with Crippen LogP contribution in [0.5, 0.6) is 0 Å². The summed E-state index contributed by atoms with van der Waals surface area (Å²) in [5.41, 5.74) is 3.33. The van der Waals surface area contributed by atoms with Gasteiger partial charge in [-0.3, -0.25) is 0 Å². The van der Waals surface area contributed by atoms with Crippen LogP contribution in [0.1, 0.15) is 134 Å². The largest absolute Gasteiger partial charge is 1.00 e. The Morgan fingerprint density at radius 1 is 0.579 bits per heavy atom. The first-order chi connectivity index (χ1) is 18.0. The van der Waals surface area contributed by atoms with E-state index in [1.807, 2.05) is 31.1 Å². The molecule has 0 heterocycles. The second-order valence-electron chi connectivity index (χ2n) is 10.3. The summed E-state index contributed by atoms with van der Waals surface area (Å²) in [4.78, 5) is 8.07. The van der Waals surface area contributed by atoms with E-state index in [1.54, 1.807) is 0 Å². The molecule has 0 aliphatic rings. The standard InChI is InChI=1S/C31H50O3S.CH2O.Na/c1-4-7-10-13-16-21-26-27(22-17-14-11-8-5-2)29(24-18-15-12-9-6-3)31(35(32,33)34)30-25-20-19-23-28(26)30;1-2;/h19-20,23,25H,4-18,21-22,24H2,1-3H3,(H,32,33,34);1H2;/q;;+1/p-1. The molecule has 0 aliphatic heterocycles. The maximum Gasteiger partial charge on any atom is 1.00 e. The number of fused-ring (bicyclic) bond motifs is 1. The van der Waals surface area contributed by atoms with Crippen LogP contribution >= 0.6 is 0 Å². The van der Waals surface area contributed by atoms with E-state index in [9.17, 15) is 13.0 Å². The van der Waals surface area contributed by atoms with Crippen LogP contribution in [0, 0.1) is 0 Å². The second-order valence-corrected chi connectivity index (χ2v) is 11.6. The van der Waals surface area contributed by atoms with Crippen LogP contribution in [-0.2, 0) is 34.2 Å². The first-order valence-electron chi connectivity index (χ1n) is 14.8. The van der Waals surface area contributed by atoms with E-state index in [-0.39, 0.29) is 34.5 Å². The number of rotatable bonds is 19. The SMILES string of the molecule is C=O.CCCCCCCc1c(CCCCCCC)c(S(=O)(=O)[O-])c2ccccc2c1CCCCCCC.[Na+]. The summed E-state index contributed by atoms with van der Waals surface area (Å²) in [6, 6.07) is 7.75. The van der Waals surface area contributed by atoms with Crippen LogP contribution in [0.2, 0.25) is 0 Å². The van der Waals surface area contributed by atoms with E-state index in [2.05, 4.69) is 20.8 Å². The normalized spacial score (nSPS) is 11.2. The molecule has 0 aromatic heterocycles. The summed E-state index contributed by atoms with van der Waals surface area (Å²) >= 11 is 0. The van der Waals surface area contributed by atoms with Gasteiger partial charge in [0.25, 0.3) is 0 Å². The van der Waals surface area contributed by atoms with E-state index in [0.29, 0.717) is 11.8 Å². The summed E-state index contributed by atoms with van der Waals surface area (Å²) in [6.07, 6.45) is 20.1. The fourth-order valence-electron chi connectivity index (χ4n) is 5.44. The predicted molar refractivity (Wildman–Crippen MR) is 156 cm³/mol. The van der Waals surface area contributed by atoms with Crippen molar-refractivity contribution in [1.82, 2.24) is 0 Å². The van der Waals surface area contributed by atoms with Gasteiger partial charge in [-0.05, 0) is 66.0 Å². The third-order valence-electron chi connectivity index (χ3n) is 7.34. The Hall–Kier alpha value is -0.720. The first kappa shape index (κ1) is 37.3. The fourth-order valence-corrected chi connectivity index (χ4v) is 6.42. The summed E-state index contributed by atoms with van der Waals surface area (Å²) in [5.74, 6) is 0. The number of hydrogen-bond acceptors (Lipinski definition) is 4. The van der Waals surface area contributed by atoms with Gasteiger partial charge in [0.2, 0.25) is 0 Å². The summed E-state index contributed by atoms with van der Waals surface area (Å²) in [5, 5.41) is 1.63. The van der Waals surface area contributed by atoms with Gasteiger partial charge in [-0.15, -0.1) is 0 Å². The van der Waals surface area contributed by atoms with Crippen molar-refractivity contribution in [3.63, 3.8) is 0 Å². The molecule has 0 fully saturated rings. The minimum atomic E-state index is -4.57. The Kier molecular flexibility index (Phi) is 21.6. The van der Waals surface area contributed by atoms with Crippen molar-refractivity contribution < 1.29 is 47.3 Å². The van der Waals surface area contributed by atoms with Crippen LogP contribution < -0.4 is 29.6 Å². The molecule has 0 atom stereocenters. The van der Waals surface area contributed by atoms with Gasteiger partial charge >= 0.3 is 29.6 Å². The van der Waals surface area contributed by atoms with E-state index in [1.165, 1.54) is 75.3 Å². The second kappa shape index (κ2) is 22.0. The van der Waals surface area contributed by atoms with E-state index in [4.69, 9.17) is 4.79 Å². The van der Waals surface area contributed by atoms with Crippen LogP contribution in [0.15, 0.2) is 29.2 Å². The number of benzene rings is 2. The maximum absolute atomic E-state index is 12.7. The molecule has 0 unspecified atom stereocenters. The van der Waals surface area contributed by atoms with E-state index < -0.39 is 10.1 Å². The molecule has 0 bridgehead atoms. The zero-order valence-corrected chi connectivity index (χ0v) is 27.6. The summed E-state index contributed by atoms with van der Waals surface area (Å²) < 4.78 is 38.0. The van der Waals surface area contributed by atoms with Crippen molar-refractivity contribution in [2.75, 3.05) is 0 Å². The van der Waals surface area contributed by atoms with Crippen LogP contribution in [0.4, 0.5) is 0 Å². The van der Waals surface area contributed by atoms with Crippen molar-refractivity contribution in [2.24, 2.45) is 0 Å². The third-order valence-corrected chi connectivity index (χ3v) is 8.31. The minimum absolute atomic E-state index is 0. The number of carbonyl (C=O) groups excluding carboxylic acids is 1. The third kappa shape index (κ3) is 12.6. The molecule has 0 saturated heterocycles. The molecular formula is C32H51NaO4S. The number of aryl methyl sites for hydroxylation is 1. The van der Waals surface area contributed by atoms with Crippen molar-refractivity contribution in [2.45, 2.75) is 141 Å². The van der Waals surface area contributed by atoms with E-state index >= 15 is 0 Å². The first-order valence-corrected chi connectivity index (χ1v) is 16.2. The monoisotopic (exact) mass is 554 g/mol. The molecule has 210 valence electrons. The van der Waals surface area contributed by atoms with Crippen LogP contribution in [0.25, 0.3) is 10.8 Å². The molecule has 2 rings (SSSR count). The Morgan fingerprint density at radius 2 is 0.947 bits per heavy atom. The summed E-state index contributed by atoms with van der Waals surface area (Å²) in [7, 11) is -4.57. The molecule has 38 heavy (non-hydrogen) atoms. The van der Waals surface area contributed by atoms with Gasteiger partial charge in [-0.2, -0.15) is 0 Å². The molecule has 0 spiro atoms. The fraction of sp³-hybridized carbons (Fsp3) is 0.656. The van der Waals surface area contributed by atoms with Gasteiger partial charge in [0, 0.05) is 0 Å². The number of unbranched alkanes of at least 4 members (excludes halogenated alkanes) is 12. The zero-order chi connectivity index (χ0) is 27.5. The average molecular weight is 555 g/mol. The quantitative estimate of drug-likeness (QED) is 0.119. The molecule has 2 aromatic rings. The molecule has 6 heteroatoms. The molecule has 0 aliphatic carbocycles. The van der Waals surface area contributed by atoms with Gasteiger partial charge < -0.3 is 9.35 Å². The minimum Gasteiger partial charge on any atom is -0.744 e. The van der Waals surface area contributed by atoms with Crippen molar-refractivity contribution in [3.05, 3.63) is 41.0 Å². The van der Waals surface area contributed by atoms with Gasteiger partial charge in [-0.25, -0.2) is 8.42 Å². The maximum atomic E-state index is 12.7. The summed E-state index contributed by atoms with van der Waals surface area (Å²) in [6.45, 7) is 8.66. The Bertz CT molecular complexity index is 1000. The Labute approximate surface area is 255 Å².